The van der Waals surface area contributed by atoms with Crippen molar-refractivity contribution in [2.75, 3.05) is 0 Å². The van der Waals surface area contributed by atoms with Gasteiger partial charge in [-0.25, -0.2) is 8.97 Å². The quantitative estimate of drug-likeness (QED) is 0.217. The van der Waals surface area contributed by atoms with Crippen molar-refractivity contribution in [3.05, 3.63) is 98.7 Å². The van der Waals surface area contributed by atoms with Crippen LogP contribution >= 0.6 is 23.1 Å². The van der Waals surface area contributed by atoms with Crippen LogP contribution in [0.1, 0.15) is 35.4 Å². The van der Waals surface area contributed by atoms with Crippen LogP contribution in [-0.4, -0.2) is 25.3 Å². The molecule has 1 atom stereocenters. The number of rotatable bonds is 5. The number of aromatic nitrogens is 4. The second-order valence-electron chi connectivity index (χ2n) is 10.5. The van der Waals surface area contributed by atoms with Gasteiger partial charge in [0.25, 0.3) is 5.56 Å². The summed E-state index contributed by atoms with van der Waals surface area (Å²) in [5, 5.41) is 13.2. The highest BCUT2D eigenvalue weighted by atomic mass is 32.2. The molecule has 39 heavy (non-hydrogen) atoms. The number of thiophene rings is 1. The molecular formula is C31H28N4O2S2. The van der Waals surface area contributed by atoms with Gasteiger partial charge in [-0.3, -0.25) is 4.79 Å². The molecule has 196 valence electrons. The van der Waals surface area contributed by atoms with Crippen LogP contribution in [0.3, 0.4) is 0 Å². The van der Waals surface area contributed by atoms with Gasteiger partial charge < -0.3 is 4.74 Å². The van der Waals surface area contributed by atoms with Crippen molar-refractivity contribution in [2.24, 2.45) is 5.92 Å². The van der Waals surface area contributed by atoms with Crippen LogP contribution in [0, 0.1) is 12.8 Å². The third-order valence-corrected chi connectivity index (χ3v) is 9.72. The number of thioether (sulfide) groups is 1. The van der Waals surface area contributed by atoms with Crippen LogP contribution in [-0.2, 0) is 23.5 Å². The van der Waals surface area contributed by atoms with Gasteiger partial charge in [0.15, 0.2) is 5.16 Å². The zero-order valence-electron chi connectivity index (χ0n) is 22.0. The second kappa shape index (κ2) is 9.62. The van der Waals surface area contributed by atoms with Crippen molar-refractivity contribution in [1.29, 1.82) is 0 Å². The van der Waals surface area contributed by atoms with Crippen LogP contribution in [0.2, 0.25) is 0 Å². The van der Waals surface area contributed by atoms with Crippen LogP contribution < -0.4 is 5.56 Å². The second-order valence-corrected chi connectivity index (χ2v) is 12.6. The van der Waals surface area contributed by atoms with E-state index in [0.717, 1.165) is 49.2 Å². The summed E-state index contributed by atoms with van der Waals surface area (Å²) >= 11 is 3.28. The van der Waals surface area contributed by atoms with Crippen LogP contribution in [0.4, 0.5) is 0 Å². The predicted octanol–water partition coefficient (Wildman–Crippen LogP) is 6.95. The van der Waals surface area contributed by atoms with Crippen molar-refractivity contribution < 1.29 is 4.74 Å². The fourth-order valence-corrected chi connectivity index (χ4v) is 7.61. The lowest BCUT2D eigenvalue weighted by Crippen LogP contribution is -2.28. The Balaban J connectivity index is 1.41. The molecule has 4 heterocycles. The molecule has 6 nitrogen and oxygen atoms in total. The topological polar surface area (TPSA) is 61.4 Å². The molecule has 0 unspecified atom stereocenters. The summed E-state index contributed by atoms with van der Waals surface area (Å²) in [5.74, 6) is 1.66. The molecule has 1 aliphatic heterocycles. The van der Waals surface area contributed by atoms with Gasteiger partial charge >= 0.3 is 0 Å². The SMILES string of the molecule is Cc1cccc(-n2c(=O)c3c4c(sc3n3c(SCc5ccc6ccccc6c5)nnc23)CO[C@@H](C(C)C)C4)c1. The van der Waals surface area contributed by atoms with Gasteiger partial charge in [0.1, 0.15) is 4.83 Å². The first-order valence-corrected chi connectivity index (χ1v) is 15.0. The molecule has 1 aliphatic rings. The molecule has 3 aromatic heterocycles. The molecule has 0 N–H and O–H groups in total. The monoisotopic (exact) mass is 552 g/mol. The highest BCUT2D eigenvalue weighted by Gasteiger charge is 2.30. The Morgan fingerprint density at radius 3 is 2.72 bits per heavy atom. The highest BCUT2D eigenvalue weighted by Crippen LogP contribution is 2.38. The summed E-state index contributed by atoms with van der Waals surface area (Å²) in [7, 11) is 0. The number of fused-ring (bicyclic) bond motifs is 6. The van der Waals surface area contributed by atoms with Crippen molar-refractivity contribution in [1.82, 2.24) is 19.2 Å². The van der Waals surface area contributed by atoms with Crippen molar-refractivity contribution >= 4 is 49.9 Å². The van der Waals surface area contributed by atoms with Crippen LogP contribution in [0.15, 0.2) is 76.7 Å². The van der Waals surface area contributed by atoms with Crippen molar-refractivity contribution in [2.45, 2.75) is 50.8 Å². The molecule has 0 amide bonds. The average Bonchev–Trinajstić information content (AvgIpc) is 3.53. The molecule has 3 aromatic carbocycles. The Hall–Kier alpha value is -3.46. The van der Waals surface area contributed by atoms with E-state index in [-0.39, 0.29) is 11.7 Å². The Morgan fingerprint density at radius 1 is 1.05 bits per heavy atom. The van der Waals surface area contributed by atoms with E-state index in [4.69, 9.17) is 4.74 Å². The number of hydrogen-bond donors (Lipinski definition) is 0. The first-order valence-electron chi connectivity index (χ1n) is 13.2. The highest BCUT2D eigenvalue weighted by molar-refractivity contribution is 7.98. The fraction of sp³-hybridized carbons (Fsp3) is 0.258. The molecule has 7 rings (SSSR count). The molecule has 0 aliphatic carbocycles. The number of ether oxygens (including phenoxy) is 1. The number of aryl methyl sites for hydroxylation is 1. The van der Waals surface area contributed by atoms with Crippen LogP contribution in [0.25, 0.3) is 32.5 Å². The first-order chi connectivity index (χ1) is 19.0. The third kappa shape index (κ3) is 4.18. The minimum absolute atomic E-state index is 0.0384. The average molecular weight is 553 g/mol. The van der Waals surface area contributed by atoms with E-state index in [1.165, 1.54) is 16.3 Å². The Labute approximate surface area is 234 Å². The standard InChI is InChI=1S/C31H28N4O2S2/c1-18(2)25-15-24-26(16-37-25)39-29-27(24)28(36)34(23-10-6-7-19(3)13-23)30-32-33-31(35(29)30)38-17-20-11-12-21-8-4-5-9-22(21)14-20/h4-14,18,25H,15-17H2,1-3H3/t25-/m1/s1. The Kier molecular flexibility index (Phi) is 6.06. The van der Waals surface area contributed by atoms with E-state index < -0.39 is 0 Å². The van der Waals surface area contributed by atoms with E-state index in [9.17, 15) is 4.79 Å². The van der Waals surface area contributed by atoms with E-state index in [1.807, 2.05) is 31.2 Å². The Morgan fingerprint density at radius 2 is 1.90 bits per heavy atom. The van der Waals surface area contributed by atoms with Gasteiger partial charge in [0.05, 0.1) is 23.8 Å². The largest absolute Gasteiger partial charge is 0.372 e. The minimum atomic E-state index is -0.0384. The normalized spacial score (nSPS) is 15.5. The Bertz CT molecular complexity index is 1930. The van der Waals surface area contributed by atoms with E-state index in [1.54, 1.807) is 27.7 Å². The summed E-state index contributed by atoms with van der Waals surface area (Å²) in [6.45, 7) is 6.92. The lowest BCUT2D eigenvalue weighted by molar-refractivity contribution is 0.00200. The third-order valence-electron chi connectivity index (χ3n) is 7.53. The van der Waals surface area contributed by atoms with Gasteiger partial charge in [-0.1, -0.05) is 80.2 Å². The molecule has 0 spiro atoms. The number of nitrogens with zero attached hydrogens (tertiary/aromatic N) is 4. The van der Waals surface area contributed by atoms with Gasteiger partial charge in [0, 0.05) is 17.1 Å². The molecule has 0 radical (unpaired) electrons. The molecule has 6 aromatic rings. The molecule has 0 saturated heterocycles. The maximum Gasteiger partial charge on any atom is 0.268 e. The molecule has 0 fully saturated rings. The first kappa shape index (κ1) is 24.6. The zero-order valence-corrected chi connectivity index (χ0v) is 23.7. The number of benzene rings is 3. The van der Waals surface area contributed by atoms with Crippen LogP contribution in [0.5, 0.6) is 0 Å². The molecule has 0 bridgehead atoms. The summed E-state index contributed by atoms with van der Waals surface area (Å²) < 4.78 is 10.00. The maximum absolute atomic E-state index is 14.2. The summed E-state index contributed by atoms with van der Waals surface area (Å²) in [6.07, 6.45) is 0.837. The van der Waals surface area contributed by atoms with Gasteiger partial charge in [-0.2, -0.15) is 0 Å². The molecule has 0 saturated carbocycles. The molecule has 8 heteroatoms. The van der Waals surface area contributed by atoms with Gasteiger partial charge in [0.2, 0.25) is 5.78 Å². The summed E-state index contributed by atoms with van der Waals surface area (Å²) in [6, 6.07) is 23.0. The van der Waals surface area contributed by atoms with E-state index in [0.29, 0.717) is 18.3 Å². The maximum atomic E-state index is 14.2. The zero-order chi connectivity index (χ0) is 26.7. The lowest BCUT2D eigenvalue weighted by atomic mass is 9.96. The van der Waals surface area contributed by atoms with Gasteiger partial charge in [-0.05, 0) is 52.4 Å². The molecular weight excluding hydrogens is 525 g/mol. The summed E-state index contributed by atoms with van der Waals surface area (Å²) in [5.41, 5.74) is 4.19. The fourth-order valence-electron chi connectivity index (χ4n) is 5.44. The van der Waals surface area contributed by atoms with E-state index >= 15 is 0 Å². The minimum Gasteiger partial charge on any atom is -0.372 e. The number of hydrogen-bond acceptors (Lipinski definition) is 6. The smallest absolute Gasteiger partial charge is 0.268 e. The van der Waals surface area contributed by atoms with Crippen molar-refractivity contribution in [3.63, 3.8) is 0 Å². The summed E-state index contributed by atoms with van der Waals surface area (Å²) in [4.78, 5) is 16.2. The van der Waals surface area contributed by atoms with E-state index in [2.05, 4.69) is 70.9 Å². The van der Waals surface area contributed by atoms with Crippen molar-refractivity contribution in [3.8, 4) is 5.69 Å². The van der Waals surface area contributed by atoms with Gasteiger partial charge in [-0.15, -0.1) is 21.5 Å². The lowest BCUT2D eigenvalue weighted by Gasteiger charge is -2.26. The predicted molar refractivity (Wildman–Crippen MR) is 159 cm³/mol.